The number of aromatic carboxylic acids is 1. The highest BCUT2D eigenvalue weighted by Gasteiger charge is 2.36. The van der Waals surface area contributed by atoms with Gasteiger partial charge in [0.15, 0.2) is 0 Å². The van der Waals surface area contributed by atoms with Crippen molar-refractivity contribution in [1.82, 2.24) is 4.31 Å². The summed E-state index contributed by atoms with van der Waals surface area (Å²) in [5.74, 6) is -1.28. The van der Waals surface area contributed by atoms with Gasteiger partial charge in [0.2, 0.25) is 10.0 Å². The highest BCUT2D eigenvalue weighted by atomic mass is 32.2. The van der Waals surface area contributed by atoms with E-state index in [0.29, 0.717) is 26.1 Å². The zero-order valence-electron chi connectivity index (χ0n) is 11.5. The third kappa shape index (κ3) is 3.43. The lowest BCUT2D eigenvalue weighted by molar-refractivity contribution is -0.0689. The van der Waals surface area contributed by atoms with Crippen LogP contribution in [0, 0.1) is 0 Å². The summed E-state index contributed by atoms with van der Waals surface area (Å²) in [7, 11) is -2.61. The predicted molar refractivity (Wildman–Crippen MR) is 76.1 cm³/mol. The van der Waals surface area contributed by atoms with Gasteiger partial charge in [-0.15, -0.1) is 11.3 Å². The predicted octanol–water partition coefficient (Wildman–Crippen LogP) is 0.608. The minimum Gasteiger partial charge on any atom is -0.477 e. The maximum absolute atomic E-state index is 12.5. The number of ether oxygens (including phenoxy) is 1. The van der Waals surface area contributed by atoms with Crippen LogP contribution in [0.3, 0.4) is 0 Å². The van der Waals surface area contributed by atoms with Crippen LogP contribution < -0.4 is 0 Å². The lowest BCUT2D eigenvalue weighted by atomic mass is 9.95. The summed E-state index contributed by atoms with van der Waals surface area (Å²) < 4.78 is 31.1. The van der Waals surface area contributed by atoms with Crippen molar-refractivity contribution in [1.29, 1.82) is 0 Å². The van der Waals surface area contributed by atoms with Crippen molar-refractivity contribution in [2.75, 3.05) is 26.8 Å². The molecule has 2 N–H and O–H groups in total. The topological polar surface area (TPSA) is 104 Å². The molecule has 1 aromatic heterocycles. The number of carboxylic acids is 1. The first-order valence-electron chi connectivity index (χ1n) is 6.33. The second-order valence-electron chi connectivity index (χ2n) is 5.02. The fraction of sp³-hybridized carbons (Fsp3) is 0.583. The minimum atomic E-state index is -3.95. The Bertz CT molecular complexity index is 617. The lowest BCUT2D eigenvalue weighted by Crippen LogP contribution is -2.47. The van der Waals surface area contributed by atoms with Gasteiger partial charge in [0.25, 0.3) is 0 Å². The molecule has 118 valence electrons. The second kappa shape index (κ2) is 6.01. The molecule has 0 amide bonds. The van der Waals surface area contributed by atoms with E-state index >= 15 is 0 Å². The Kier molecular flexibility index (Phi) is 4.69. The number of rotatable bonds is 5. The third-order valence-corrected chi connectivity index (χ3v) is 6.33. The highest BCUT2D eigenvalue weighted by Crippen LogP contribution is 2.28. The molecule has 7 nitrogen and oxygen atoms in total. The van der Waals surface area contributed by atoms with Crippen LogP contribution >= 0.6 is 11.3 Å². The van der Waals surface area contributed by atoms with Gasteiger partial charge in [-0.1, -0.05) is 0 Å². The van der Waals surface area contributed by atoms with Crippen LogP contribution in [0.4, 0.5) is 0 Å². The quantitative estimate of drug-likeness (QED) is 0.817. The SMILES string of the molecule is CN(CC1(O)CCOCC1)S(=O)(=O)c1ccsc1C(=O)O. The normalized spacial score (nSPS) is 18.8. The first-order valence-corrected chi connectivity index (χ1v) is 8.65. The van der Waals surface area contributed by atoms with Gasteiger partial charge in [0.05, 0.1) is 5.60 Å². The fourth-order valence-corrected chi connectivity index (χ4v) is 4.71. The van der Waals surface area contributed by atoms with Crippen LogP contribution in [-0.4, -0.2) is 61.3 Å². The van der Waals surface area contributed by atoms with E-state index in [1.165, 1.54) is 18.5 Å². The van der Waals surface area contributed by atoms with Gasteiger partial charge >= 0.3 is 5.97 Å². The molecule has 2 heterocycles. The van der Waals surface area contributed by atoms with E-state index < -0.39 is 21.6 Å². The van der Waals surface area contributed by atoms with Crippen molar-refractivity contribution >= 4 is 27.3 Å². The molecule has 1 aliphatic heterocycles. The smallest absolute Gasteiger partial charge is 0.347 e. The van der Waals surface area contributed by atoms with Gasteiger partial charge in [-0.25, -0.2) is 13.2 Å². The molecule has 9 heteroatoms. The van der Waals surface area contributed by atoms with E-state index in [9.17, 15) is 18.3 Å². The number of aliphatic hydroxyl groups is 1. The Morgan fingerprint density at radius 1 is 1.48 bits per heavy atom. The standard InChI is InChI=1S/C12H17NO6S2/c1-13(8-12(16)3-5-19-6-4-12)21(17,18)9-2-7-20-10(9)11(14)15/h2,7,16H,3-6,8H2,1H3,(H,14,15). The molecular formula is C12H17NO6S2. The minimum absolute atomic E-state index is 0.0897. The highest BCUT2D eigenvalue weighted by molar-refractivity contribution is 7.89. The van der Waals surface area contributed by atoms with Crippen molar-refractivity contribution in [2.24, 2.45) is 0 Å². The number of sulfonamides is 1. The number of carbonyl (C=O) groups is 1. The summed E-state index contributed by atoms with van der Waals surface area (Å²) in [6, 6.07) is 1.27. The monoisotopic (exact) mass is 335 g/mol. The Morgan fingerprint density at radius 2 is 2.10 bits per heavy atom. The average Bonchev–Trinajstić information content (AvgIpc) is 2.88. The molecule has 21 heavy (non-hydrogen) atoms. The largest absolute Gasteiger partial charge is 0.477 e. The Balaban J connectivity index is 2.22. The molecule has 0 saturated carbocycles. The van der Waals surface area contributed by atoms with Crippen LogP contribution in [0.2, 0.25) is 0 Å². The lowest BCUT2D eigenvalue weighted by Gasteiger charge is -2.34. The number of nitrogens with zero attached hydrogens (tertiary/aromatic N) is 1. The van der Waals surface area contributed by atoms with Crippen LogP contribution in [-0.2, 0) is 14.8 Å². The summed E-state index contributed by atoms with van der Waals surface area (Å²) in [5.41, 5.74) is -1.14. The van der Waals surface area contributed by atoms with Crippen molar-refractivity contribution in [3.05, 3.63) is 16.3 Å². The Hall–Kier alpha value is -1.00. The van der Waals surface area contributed by atoms with Crippen molar-refractivity contribution < 1.29 is 28.2 Å². The average molecular weight is 335 g/mol. The van der Waals surface area contributed by atoms with E-state index in [1.54, 1.807) is 0 Å². The maximum atomic E-state index is 12.5. The number of carboxylic acid groups (broad SMARTS) is 1. The summed E-state index contributed by atoms with van der Waals surface area (Å²) in [6.07, 6.45) is 0.699. The van der Waals surface area contributed by atoms with Crippen LogP contribution in [0.25, 0.3) is 0 Å². The molecule has 1 aliphatic rings. The molecule has 0 spiro atoms. The molecular weight excluding hydrogens is 318 g/mol. The van der Waals surface area contributed by atoms with Crippen molar-refractivity contribution in [2.45, 2.75) is 23.3 Å². The van der Waals surface area contributed by atoms with Gasteiger partial charge in [-0.2, -0.15) is 4.31 Å². The maximum Gasteiger partial charge on any atom is 0.347 e. The number of likely N-dealkylation sites (N-methyl/N-ethyl adjacent to an activating group) is 1. The summed E-state index contributed by atoms with van der Waals surface area (Å²) in [4.78, 5) is 10.6. The van der Waals surface area contributed by atoms with E-state index in [-0.39, 0.29) is 16.3 Å². The molecule has 2 rings (SSSR count). The fourth-order valence-electron chi connectivity index (χ4n) is 2.23. The zero-order valence-corrected chi connectivity index (χ0v) is 13.1. The van der Waals surface area contributed by atoms with Gasteiger partial charge in [0, 0.05) is 39.6 Å². The molecule has 0 aromatic carbocycles. The Labute approximate surface area is 126 Å². The molecule has 0 unspecified atom stereocenters. The Morgan fingerprint density at radius 3 is 2.67 bits per heavy atom. The van der Waals surface area contributed by atoms with Crippen LogP contribution in [0.1, 0.15) is 22.5 Å². The third-order valence-electron chi connectivity index (χ3n) is 3.45. The molecule has 0 aliphatic carbocycles. The first kappa shape index (κ1) is 16.4. The first-order chi connectivity index (χ1) is 9.76. The second-order valence-corrected chi connectivity index (χ2v) is 7.95. The van der Waals surface area contributed by atoms with Crippen molar-refractivity contribution in [3.63, 3.8) is 0 Å². The van der Waals surface area contributed by atoms with E-state index in [0.717, 1.165) is 15.6 Å². The number of hydrogen-bond donors (Lipinski definition) is 2. The van der Waals surface area contributed by atoms with E-state index in [1.807, 2.05) is 0 Å². The number of hydrogen-bond acceptors (Lipinski definition) is 6. The number of thiophene rings is 1. The summed E-state index contributed by atoms with van der Waals surface area (Å²) >= 11 is 0.859. The summed E-state index contributed by atoms with van der Waals surface area (Å²) in [5, 5.41) is 20.8. The molecule has 1 saturated heterocycles. The van der Waals surface area contributed by atoms with Gasteiger partial charge in [-0.05, 0) is 11.4 Å². The molecule has 1 aromatic rings. The van der Waals surface area contributed by atoms with E-state index in [2.05, 4.69) is 0 Å². The summed E-state index contributed by atoms with van der Waals surface area (Å²) in [6.45, 7) is 0.667. The van der Waals surface area contributed by atoms with Crippen molar-refractivity contribution in [3.8, 4) is 0 Å². The molecule has 1 fully saturated rings. The van der Waals surface area contributed by atoms with Crippen LogP contribution in [0.5, 0.6) is 0 Å². The van der Waals surface area contributed by atoms with Gasteiger partial charge < -0.3 is 14.9 Å². The molecule has 0 bridgehead atoms. The van der Waals surface area contributed by atoms with Gasteiger partial charge in [-0.3, -0.25) is 0 Å². The zero-order chi connectivity index (χ0) is 15.7. The molecule has 0 radical (unpaired) electrons. The van der Waals surface area contributed by atoms with Gasteiger partial charge in [0.1, 0.15) is 9.77 Å². The van der Waals surface area contributed by atoms with Crippen LogP contribution in [0.15, 0.2) is 16.3 Å². The van der Waals surface area contributed by atoms with E-state index in [4.69, 9.17) is 9.84 Å². The molecule has 0 atom stereocenters.